The molecule has 1 aromatic rings. The first-order valence-corrected chi connectivity index (χ1v) is 7.12. The van der Waals surface area contributed by atoms with E-state index in [2.05, 4.69) is 42.2 Å². The Morgan fingerprint density at radius 2 is 1.71 bits per heavy atom. The fourth-order valence-corrected chi connectivity index (χ4v) is 3.80. The monoisotopic (exact) mass is 229 g/mol. The summed E-state index contributed by atoms with van der Waals surface area (Å²) in [7, 11) is 0. The molecule has 2 fully saturated rings. The Hall–Kier alpha value is -0.820. The van der Waals surface area contributed by atoms with E-state index in [1.807, 2.05) is 0 Å². The van der Waals surface area contributed by atoms with Crippen LogP contribution in [0.15, 0.2) is 30.3 Å². The molecule has 2 unspecified atom stereocenters. The van der Waals surface area contributed by atoms with Crippen LogP contribution in [0.5, 0.6) is 0 Å². The quantitative estimate of drug-likeness (QED) is 0.745. The van der Waals surface area contributed by atoms with E-state index in [4.69, 9.17) is 0 Å². The van der Waals surface area contributed by atoms with Crippen LogP contribution in [-0.4, -0.2) is 17.0 Å². The van der Waals surface area contributed by atoms with Gasteiger partial charge >= 0.3 is 0 Å². The summed E-state index contributed by atoms with van der Waals surface area (Å²) in [4.78, 5) is 2.79. The number of rotatable bonds is 2. The molecule has 2 aliphatic rings. The van der Waals surface area contributed by atoms with Gasteiger partial charge in [-0.2, -0.15) is 0 Å². The summed E-state index contributed by atoms with van der Waals surface area (Å²) in [6.07, 6.45) is 7.14. The molecule has 0 spiro atoms. The van der Waals surface area contributed by atoms with Crippen molar-refractivity contribution in [1.82, 2.24) is 4.90 Å². The number of piperidine rings is 2. The molecule has 0 saturated carbocycles. The van der Waals surface area contributed by atoms with Crippen LogP contribution < -0.4 is 0 Å². The lowest BCUT2D eigenvalue weighted by Gasteiger charge is -2.48. The lowest BCUT2D eigenvalue weighted by molar-refractivity contribution is 0.0110. The summed E-state index contributed by atoms with van der Waals surface area (Å²) in [6.45, 7) is 3.61. The van der Waals surface area contributed by atoms with Gasteiger partial charge in [0.15, 0.2) is 0 Å². The van der Waals surface area contributed by atoms with E-state index in [0.29, 0.717) is 0 Å². The summed E-state index contributed by atoms with van der Waals surface area (Å²) in [6, 6.07) is 12.7. The highest BCUT2D eigenvalue weighted by molar-refractivity contribution is 5.15. The molecule has 1 aromatic carbocycles. The standard InChI is InChI=1S/C16H23N/c1-13-10-15-8-5-9-16(11-13)17(15)12-14-6-3-2-4-7-14/h2-4,6-7,13,15-16H,5,8-12H2,1H3. The van der Waals surface area contributed by atoms with E-state index in [1.54, 1.807) is 0 Å². The number of fused-ring (bicyclic) bond motifs is 2. The van der Waals surface area contributed by atoms with Gasteiger partial charge in [0, 0.05) is 18.6 Å². The van der Waals surface area contributed by atoms with Gasteiger partial charge < -0.3 is 0 Å². The minimum Gasteiger partial charge on any atom is -0.293 e. The Bertz CT molecular complexity index is 345. The average Bonchev–Trinajstić information content (AvgIpc) is 2.32. The van der Waals surface area contributed by atoms with Crippen molar-refractivity contribution < 1.29 is 0 Å². The van der Waals surface area contributed by atoms with Crippen LogP contribution in [0.3, 0.4) is 0 Å². The van der Waals surface area contributed by atoms with Crippen molar-refractivity contribution >= 4 is 0 Å². The molecule has 92 valence electrons. The van der Waals surface area contributed by atoms with E-state index >= 15 is 0 Å². The van der Waals surface area contributed by atoms with Crippen molar-refractivity contribution in [3.63, 3.8) is 0 Å². The normalized spacial score (nSPS) is 33.6. The molecule has 2 bridgehead atoms. The van der Waals surface area contributed by atoms with E-state index in [9.17, 15) is 0 Å². The Morgan fingerprint density at radius 1 is 1.06 bits per heavy atom. The number of benzene rings is 1. The first-order chi connectivity index (χ1) is 8.33. The summed E-state index contributed by atoms with van der Waals surface area (Å²) in [5, 5.41) is 0. The van der Waals surface area contributed by atoms with E-state index in [0.717, 1.165) is 18.0 Å². The highest BCUT2D eigenvalue weighted by atomic mass is 15.2. The molecule has 3 rings (SSSR count). The van der Waals surface area contributed by atoms with Crippen molar-refractivity contribution in [2.45, 2.75) is 57.7 Å². The zero-order valence-corrected chi connectivity index (χ0v) is 10.8. The fourth-order valence-electron chi connectivity index (χ4n) is 3.80. The Morgan fingerprint density at radius 3 is 2.35 bits per heavy atom. The van der Waals surface area contributed by atoms with Crippen molar-refractivity contribution in [3.05, 3.63) is 35.9 Å². The summed E-state index contributed by atoms with van der Waals surface area (Å²) >= 11 is 0. The molecule has 2 heterocycles. The molecule has 0 radical (unpaired) electrons. The van der Waals surface area contributed by atoms with Gasteiger partial charge in [-0.25, -0.2) is 0 Å². The molecule has 1 heteroatoms. The highest BCUT2D eigenvalue weighted by Gasteiger charge is 2.36. The van der Waals surface area contributed by atoms with Gasteiger partial charge in [0.25, 0.3) is 0 Å². The highest BCUT2D eigenvalue weighted by Crippen LogP contribution is 2.37. The Kier molecular flexibility index (Phi) is 3.19. The topological polar surface area (TPSA) is 3.24 Å². The van der Waals surface area contributed by atoms with E-state index < -0.39 is 0 Å². The maximum absolute atomic E-state index is 2.79. The Balaban J connectivity index is 1.74. The lowest BCUT2D eigenvalue weighted by atomic mass is 9.79. The van der Waals surface area contributed by atoms with Crippen molar-refractivity contribution in [1.29, 1.82) is 0 Å². The number of hydrogen-bond donors (Lipinski definition) is 0. The first-order valence-electron chi connectivity index (χ1n) is 7.12. The van der Waals surface area contributed by atoms with E-state index in [-0.39, 0.29) is 0 Å². The molecule has 0 N–H and O–H groups in total. The lowest BCUT2D eigenvalue weighted by Crippen LogP contribution is -2.51. The number of nitrogens with zero attached hydrogens (tertiary/aromatic N) is 1. The van der Waals surface area contributed by atoms with Gasteiger partial charge in [-0.1, -0.05) is 43.7 Å². The zero-order valence-electron chi connectivity index (χ0n) is 10.8. The maximum Gasteiger partial charge on any atom is 0.0239 e. The van der Waals surface area contributed by atoms with Gasteiger partial charge in [0.1, 0.15) is 0 Å². The first kappa shape index (κ1) is 11.3. The van der Waals surface area contributed by atoms with Crippen LogP contribution in [0.4, 0.5) is 0 Å². The third-order valence-electron chi connectivity index (χ3n) is 4.57. The average molecular weight is 229 g/mol. The van der Waals surface area contributed by atoms with Gasteiger partial charge in [-0.15, -0.1) is 0 Å². The van der Waals surface area contributed by atoms with Crippen LogP contribution in [0.25, 0.3) is 0 Å². The fraction of sp³-hybridized carbons (Fsp3) is 0.625. The minimum absolute atomic E-state index is 0.859. The van der Waals surface area contributed by atoms with Crippen molar-refractivity contribution in [2.75, 3.05) is 0 Å². The van der Waals surface area contributed by atoms with Gasteiger partial charge in [0.05, 0.1) is 0 Å². The number of hydrogen-bond acceptors (Lipinski definition) is 1. The third kappa shape index (κ3) is 2.40. The summed E-state index contributed by atoms with van der Waals surface area (Å²) < 4.78 is 0. The molecule has 2 atom stereocenters. The summed E-state index contributed by atoms with van der Waals surface area (Å²) in [5.41, 5.74) is 1.49. The predicted octanol–water partition coefficient (Wildman–Crippen LogP) is 3.84. The maximum atomic E-state index is 2.79. The molecule has 0 aliphatic carbocycles. The van der Waals surface area contributed by atoms with Gasteiger partial charge in [0.2, 0.25) is 0 Å². The van der Waals surface area contributed by atoms with Gasteiger partial charge in [-0.05, 0) is 37.2 Å². The summed E-state index contributed by atoms with van der Waals surface area (Å²) in [5.74, 6) is 0.942. The molecule has 0 aromatic heterocycles. The SMILES string of the molecule is CC1CC2CCCC(C1)N2Cc1ccccc1. The van der Waals surface area contributed by atoms with Gasteiger partial charge in [-0.3, -0.25) is 4.90 Å². The van der Waals surface area contributed by atoms with Crippen LogP contribution in [0.1, 0.15) is 44.6 Å². The van der Waals surface area contributed by atoms with Crippen LogP contribution >= 0.6 is 0 Å². The molecule has 17 heavy (non-hydrogen) atoms. The van der Waals surface area contributed by atoms with Crippen LogP contribution in [-0.2, 0) is 6.54 Å². The molecule has 2 saturated heterocycles. The smallest absolute Gasteiger partial charge is 0.0239 e. The predicted molar refractivity (Wildman–Crippen MR) is 71.8 cm³/mol. The van der Waals surface area contributed by atoms with Crippen LogP contribution in [0.2, 0.25) is 0 Å². The molecule has 0 amide bonds. The molecule has 2 aliphatic heterocycles. The minimum atomic E-state index is 0.859. The zero-order chi connectivity index (χ0) is 11.7. The van der Waals surface area contributed by atoms with E-state index in [1.165, 1.54) is 44.2 Å². The van der Waals surface area contributed by atoms with Crippen LogP contribution in [0, 0.1) is 5.92 Å². The largest absolute Gasteiger partial charge is 0.293 e. The second-order valence-corrected chi connectivity index (χ2v) is 5.97. The van der Waals surface area contributed by atoms with Crippen molar-refractivity contribution in [2.24, 2.45) is 5.92 Å². The molecular formula is C16H23N. The molecular weight excluding hydrogens is 206 g/mol. The second-order valence-electron chi connectivity index (χ2n) is 5.97. The third-order valence-corrected chi connectivity index (χ3v) is 4.57. The van der Waals surface area contributed by atoms with Crippen molar-refractivity contribution in [3.8, 4) is 0 Å². The molecule has 1 nitrogen and oxygen atoms in total. The second kappa shape index (κ2) is 4.81. The Labute approximate surface area is 105 Å².